The highest BCUT2D eigenvalue weighted by molar-refractivity contribution is 5.66. The van der Waals surface area contributed by atoms with E-state index in [1.165, 1.54) is 24.0 Å². The molecule has 5 unspecified atom stereocenters. The van der Waals surface area contributed by atoms with Crippen LogP contribution in [-0.2, 0) is 6.42 Å². The van der Waals surface area contributed by atoms with Crippen molar-refractivity contribution in [2.24, 2.45) is 29.6 Å². The molecule has 1 heterocycles. The molecule has 194 valence electrons. The summed E-state index contributed by atoms with van der Waals surface area (Å²) >= 11 is 0. The second kappa shape index (κ2) is 15.0. The van der Waals surface area contributed by atoms with Crippen LogP contribution in [0, 0.1) is 47.8 Å². The Kier molecular flexibility index (Phi) is 13.2. The van der Waals surface area contributed by atoms with Crippen LogP contribution in [0.2, 0.25) is 0 Å². The van der Waals surface area contributed by atoms with Crippen molar-refractivity contribution in [1.82, 2.24) is 0 Å². The average Bonchev–Trinajstić information content (AvgIpc) is 2.78. The molecular formula is C33H52N2. The van der Waals surface area contributed by atoms with Gasteiger partial charge in [0, 0.05) is 5.70 Å². The lowest BCUT2D eigenvalue weighted by Crippen LogP contribution is -2.12. The van der Waals surface area contributed by atoms with Crippen LogP contribution in [0.5, 0.6) is 0 Å². The van der Waals surface area contributed by atoms with Gasteiger partial charge in [-0.3, -0.25) is 0 Å². The zero-order valence-corrected chi connectivity index (χ0v) is 24.4. The van der Waals surface area contributed by atoms with Crippen LogP contribution < -0.4 is 5.32 Å². The number of benzene rings is 1. The van der Waals surface area contributed by atoms with Crippen molar-refractivity contribution >= 4 is 5.69 Å². The molecule has 35 heavy (non-hydrogen) atoms. The molecule has 0 saturated carbocycles. The van der Waals surface area contributed by atoms with Gasteiger partial charge in [-0.05, 0) is 105 Å². The third kappa shape index (κ3) is 9.71. The van der Waals surface area contributed by atoms with E-state index in [9.17, 15) is 5.26 Å². The first kappa shape index (κ1) is 30.8. The Bertz CT molecular complexity index is 927. The minimum Gasteiger partial charge on any atom is -0.355 e. The zero-order valence-electron chi connectivity index (χ0n) is 24.4. The number of nitriles is 1. The molecule has 0 aromatic heterocycles. The molecule has 0 fully saturated rings. The fourth-order valence-corrected chi connectivity index (χ4v) is 5.44. The van der Waals surface area contributed by atoms with Crippen molar-refractivity contribution in [3.05, 3.63) is 64.4 Å². The average molecular weight is 477 g/mol. The molecule has 0 radical (unpaired) electrons. The van der Waals surface area contributed by atoms with Crippen molar-refractivity contribution in [3.8, 4) is 6.07 Å². The van der Waals surface area contributed by atoms with Gasteiger partial charge in [0.25, 0.3) is 0 Å². The molecule has 1 aromatic rings. The monoisotopic (exact) mass is 476 g/mol. The summed E-state index contributed by atoms with van der Waals surface area (Å²) in [5, 5.41) is 13.5. The lowest BCUT2D eigenvalue weighted by atomic mass is 9.82. The molecule has 1 aliphatic heterocycles. The number of allylic oxidation sites excluding steroid dienone is 4. The van der Waals surface area contributed by atoms with Gasteiger partial charge in [0.2, 0.25) is 0 Å². The Hall–Kier alpha value is -2.27. The van der Waals surface area contributed by atoms with Gasteiger partial charge in [-0.15, -0.1) is 0 Å². The summed E-state index contributed by atoms with van der Waals surface area (Å²) in [5.74, 6) is 3.03. The van der Waals surface area contributed by atoms with Gasteiger partial charge >= 0.3 is 0 Å². The van der Waals surface area contributed by atoms with E-state index in [-0.39, 0.29) is 0 Å². The first-order valence-electron chi connectivity index (χ1n) is 13.9. The molecule has 2 nitrogen and oxygen atoms in total. The normalized spacial score (nSPS) is 29.9. The molecule has 0 amide bonds. The Morgan fingerprint density at radius 3 is 2.26 bits per heavy atom. The predicted molar refractivity (Wildman–Crippen MR) is 156 cm³/mol. The molecule has 2 rings (SSSR count). The van der Waals surface area contributed by atoms with Gasteiger partial charge in [0.15, 0.2) is 0 Å². The highest BCUT2D eigenvalue weighted by Crippen LogP contribution is 2.31. The van der Waals surface area contributed by atoms with Crippen molar-refractivity contribution < 1.29 is 0 Å². The molecule has 1 aliphatic rings. The van der Waals surface area contributed by atoms with Crippen LogP contribution in [0.4, 0.5) is 5.69 Å². The lowest BCUT2D eigenvalue weighted by Gasteiger charge is -2.23. The van der Waals surface area contributed by atoms with E-state index in [0.717, 1.165) is 47.3 Å². The Labute approximate surface area is 217 Å². The molecule has 0 aliphatic carbocycles. The SMILES string of the molecule is C=C1Nc2cc(C)cc(c2C#N)CC(C)CC(C)CC(C)/C=C(\C)C(C)C(C)CC/C=C/1C.CC. The van der Waals surface area contributed by atoms with Crippen LogP contribution >= 0.6 is 0 Å². The molecule has 2 bridgehead atoms. The first-order chi connectivity index (χ1) is 16.5. The topological polar surface area (TPSA) is 35.8 Å². The Morgan fingerprint density at radius 1 is 0.971 bits per heavy atom. The van der Waals surface area contributed by atoms with E-state index in [1.54, 1.807) is 0 Å². The summed E-state index contributed by atoms with van der Waals surface area (Å²) in [5.41, 5.74) is 7.56. The van der Waals surface area contributed by atoms with Gasteiger partial charge in [0.1, 0.15) is 6.07 Å². The van der Waals surface area contributed by atoms with E-state index in [4.69, 9.17) is 0 Å². The zero-order chi connectivity index (χ0) is 26.7. The number of nitrogens with one attached hydrogen (secondary N) is 1. The standard InChI is InChI=1S/C31H46N2.C2H6/c1-20-13-21(2)15-26(7)27(8)24(5)11-10-12-25(6)28(9)33-31-18-23(4)17-29(30(31)19-32)16-22(3)14-20;1-2/h12,15,17-18,20-22,24,27,33H,9-11,13-14,16H2,1-8H3;1-2H3/b25-12+,26-15+;. The quantitative estimate of drug-likeness (QED) is 0.378. The van der Waals surface area contributed by atoms with Gasteiger partial charge in [0.05, 0.1) is 11.3 Å². The van der Waals surface area contributed by atoms with Crippen LogP contribution in [0.1, 0.15) is 105 Å². The summed E-state index contributed by atoms with van der Waals surface area (Å²) in [6, 6.07) is 6.75. The van der Waals surface area contributed by atoms with E-state index in [2.05, 4.69) is 97.6 Å². The number of rotatable bonds is 0. The van der Waals surface area contributed by atoms with Crippen molar-refractivity contribution in [1.29, 1.82) is 5.26 Å². The van der Waals surface area contributed by atoms with Crippen LogP contribution in [0.25, 0.3) is 0 Å². The summed E-state index contributed by atoms with van der Waals surface area (Å²) < 4.78 is 0. The predicted octanol–water partition coefficient (Wildman–Crippen LogP) is 10.0. The largest absolute Gasteiger partial charge is 0.355 e. The van der Waals surface area contributed by atoms with Crippen molar-refractivity contribution in [2.45, 2.75) is 101 Å². The first-order valence-corrected chi connectivity index (χ1v) is 13.9. The van der Waals surface area contributed by atoms with Gasteiger partial charge in [-0.2, -0.15) is 5.26 Å². The summed E-state index contributed by atoms with van der Waals surface area (Å²) in [7, 11) is 0. The second-order valence-electron chi connectivity index (χ2n) is 11.1. The number of hydrogen-bond acceptors (Lipinski definition) is 2. The maximum atomic E-state index is 10.0. The second-order valence-corrected chi connectivity index (χ2v) is 11.1. The fraction of sp³-hybridized carbons (Fsp3) is 0.606. The van der Waals surface area contributed by atoms with Crippen LogP contribution in [0.3, 0.4) is 0 Å². The minimum absolute atomic E-state index is 0.532. The van der Waals surface area contributed by atoms with Crippen LogP contribution in [-0.4, -0.2) is 0 Å². The maximum absolute atomic E-state index is 10.0. The molecule has 1 aromatic carbocycles. The van der Waals surface area contributed by atoms with E-state index in [1.807, 2.05) is 13.8 Å². The number of aryl methyl sites for hydroxylation is 1. The number of hydrogen-bond donors (Lipinski definition) is 1. The van der Waals surface area contributed by atoms with Crippen LogP contribution in [0.15, 0.2) is 47.7 Å². The molecule has 0 spiro atoms. The highest BCUT2D eigenvalue weighted by Gasteiger charge is 2.18. The summed E-state index contributed by atoms with van der Waals surface area (Å²) in [6.07, 6.45) is 10.3. The molecule has 0 saturated heterocycles. The maximum Gasteiger partial charge on any atom is 0.102 e. The number of fused-ring (bicyclic) bond motifs is 2. The van der Waals surface area contributed by atoms with E-state index >= 15 is 0 Å². The van der Waals surface area contributed by atoms with Crippen molar-refractivity contribution in [2.75, 3.05) is 5.32 Å². The van der Waals surface area contributed by atoms with Gasteiger partial charge in [-0.25, -0.2) is 0 Å². The third-order valence-corrected chi connectivity index (χ3v) is 7.58. The molecular weight excluding hydrogens is 424 g/mol. The Balaban J connectivity index is 0.00000298. The Morgan fingerprint density at radius 2 is 1.63 bits per heavy atom. The summed E-state index contributed by atoms with van der Waals surface area (Å²) in [4.78, 5) is 0. The number of anilines is 1. The smallest absolute Gasteiger partial charge is 0.102 e. The highest BCUT2D eigenvalue weighted by atomic mass is 14.9. The summed E-state index contributed by atoms with van der Waals surface area (Å²) in [6.45, 7) is 26.7. The van der Waals surface area contributed by atoms with Gasteiger partial charge in [-0.1, -0.05) is 78.8 Å². The fourth-order valence-electron chi connectivity index (χ4n) is 5.44. The lowest BCUT2D eigenvalue weighted by molar-refractivity contribution is 0.362. The molecule has 1 N–H and O–H groups in total. The number of nitrogens with zero attached hydrogens (tertiary/aromatic N) is 1. The van der Waals surface area contributed by atoms with E-state index < -0.39 is 0 Å². The third-order valence-electron chi connectivity index (χ3n) is 7.58. The molecule has 5 atom stereocenters. The molecule has 2 heteroatoms. The van der Waals surface area contributed by atoms with E-state index in [0.29, 0.717) is 29.6 Å². The van der Waals surface area contributed by atoms with Crippen molar-refractivity contribution in [3.63, 3.8) is 0 Å². The van der Waals surface area contributed by atoms with Gasteiger partial charge < -0.3 is 5.32 Å². The minimum atomic E-state index is 0.532.